The summed E-state index contributed by atoms with van der Waals surface area (Å²) in [6.07, 6.45) is 2.36. The highest BCUT2D eigenvalue weighted by atomic mass is 16.1. The zero-order chi connectivity index (χ0) is 19.3. The first-order chi connectivity index (χ1) is 13.5. The molecular formula is C20H25N7O. The van der Waals surface area contributed by atoms with Gasteiger partial charge in [-0.3, -0.25) is 14.4 Å². The summed E-state index contributed by atoms with van der Waals surface area (Å²) in [6, 6.07) is 7.57. The molecule has 1 fully saturated rings. The number of rotatable bonds is 5. The van der Waals surface area contributed by atoms with Crippen molar-refractivity contribution in [2.45, 2.75) is 46.3 Å². The molecule has 0 N–H and O–H groups in total. The van der Waals surface area contributed by atoms with Crippen LogP contribution in [0.1, 0.15) is 29.2 Å². The molecule has 0 unspecified atom stereocenters. The normalized spacial score (nSPS) is 17.1. The van der Waals surface area contributed by atoms with Crippen molar-refractivity contribution in [3.8, 4) is 5.82 Å². The molecule has 8 nitrogen and oxygen atoms in total. The van der Waals surface area contributed by atoms with Crippen LogP contribution in [0.3, 0.4) is 0 Å². The van der Waals surface area contributed by atoms with Gasteiger partial charge in [-0.05, 0) is 44.9 Å². The quantitative estimate of drug-likeness (QED) is 0.668. The molecule has 0 spiro atoms. The fourth-order valence-corrected chi connectivity index (χ4v) is 4.33. The van der Waals surface area contributed by atoms with Gasteiger partial charge in [0.15, 0.2) is 5.82 Å². The molecule has 1 saturated heterocycles. The second-order valence-electron chi connectivity index (χ2n) is 8.06. The third kappa shape index (κ3) is 3.17. The van der Waals surface area contributed by atoms with Crippen LogP contribution in [0.25, 0.3) is 5.82 Å². The second kappa shape index (κ2) is 6.70. The van der Waals surface area contributed by atoms with E-state index in [1.807, 2.05) is 19.9 Å². The molecule has 0 amide bonds. The van der Waals surface area contributed by atoms with E-state index < -0.39 is 0 Å². The molecule has 2 aliphatic rings. The van der Waals surface area contributed by atoms with Crippen molar-refractivity contribution in [2.75, 3.05) is 13.1 Å². The summed E-state index contributed by atoms with van der Waals surface area (Å²) >= 11 is 0. The molecule has 0 saturated carbocycles. The van der Waals surface area contributed by atoms with Crippen LogP contribution in [0.4, 0.5) is 0 Å². The van der Waals surface area contributed by atoms with Crippen molar-refractivity contribution in [2.24, 2.45) is 5.92 Å². The van der Waals surface area contributed by atoms with E-state index in [2.05, 4.69) is 30.9 Å². The average molecular weight is 379 g/mol. The predicted octanol–water partition coefficient (Wildman–Crippen LogP) is 1.32. The Bertz CT molecular complexity index is 1050. The van der Waals surface area contributed by atoms with E-state index in [1.165, 1.54) is 12.1 Å². The summed E-state index contributed by atoms with van der Waals surface area (Å²) in [4.78, 5) is 14.7. The van der Waals surface area contributed by atoms with Gasteiger partial charge in [0.2, 0.25) is 0 Å². The minimum Gasteiger partial charge on any atom is -0.297 e. The van der Waals surface area contributed by atoms with Crippen LogP contribution >= 0.6 is 0 Å². The zero-order valence-electron chi connectivity index (χ0n) is 16.4. The van der Waals surface area contributed by atoms with E-state index >= 15 is 0 Å². The summed E-state index contributed by atoms with van der Waals surface area (Å²) in [5.74, 6) is 1.13. The number of aromatic nitrogens is 6. The lowest BCUT2D eigenvalue weighted by atomic mass is 10.00. The smallest absolute Gasteiger partial charge is 0.266 e. The zero-order valence-corrected chi connectivity index (χ0v) is 16.4. The Labute approximate surface area is 163 Å². The van der Waals surface area contributed by atoms with Gasteiger partial charge >= 0.3 is 0 Å². The SMILES string of the molecule is Cc1cc(C)n(-c2ccc(=O)n(CC3CN(Cc4cc5n(n4)CCC5)C3)n2)n1. The molecule has 5 rings (SSSR count). The fourth-order valence-electron chi connectivity index (χ4n) is 4.33. The van der Waals surface area contributed by atoms with Crippen LogP contribution in [0.2, 0.25) is 0 Å². The second-order valence-corrected chi connectivity index (χ2v) is 8.06. The Morgan fingerprint density at radius 3 is 2.71 bits per heavy atom. The maximum absolute atomic E-state index is 12.3. The monoisotopic (exact) mass is 379 g/mol. The Morgan fingerprint density at radius 1 is 1.11 bits per heavy atom. The van der Waals surface area contributed by atoms with Crippen LogP contribution in [0.5, 0.6) is 0 Å². The molecule has 0 bridgehead atoms. The largest absolute Gasteiger partial charge is 0.297 e. The Balaban J connectivity index is 1.23. The van der Waals surface area contributed by atoms with Gasteiger partial charge in [-0.25, -0.2) is 9.36 Å². The van der Waals surface area contributed by atoms with Crippen molar-refractivity contribution >= 4 is 0 Å². The van der Waals surface area contributed by atoms with E-state index in [0.717, 1.165) is 49.7 Å². The molecule has 2 aliphatic heterocycles. The minimum absolute atomic E-state index is 0.0609. The molecule has 0 radical (unpaired) electrons. The van der Waals surface area contributed by atoms with E-state index in [9.17, 15) is 4.79 Å². The van der Waals surface area contributed by atoms with Gasteiger partial charge in [0.25, 0.3) is 5.56 Å². The lowest BCUT2D eigenvalue weighted by Crippen LogP contribution is -2.49. The van der Waals surface area contributed by atoms with Crippen LogP contribution in [-0.4, -0.2) is 47.3 Å². The number of hydrogen-bond donors (Lipinski definition) is 0. The number of nitrogens with zero attached hydrogens (tertiary/aromatic N) is 7. The van der Waals surface area contributed by atoms with Crippen molar-refractivity contribution < 1.29 is 0 Å². The third-order valence-corrected chi connectivity index (χ3v) is 5.65. The Morgan fingerprint density at radius 2 is 1.96 bits per heavy atom. The number of likely N-dealkylation sites (tertiary alicyclic amines) is 1. The van der Waals surface area contributed by atoms with Crippen molar-refractivity contribution in [1.29, 1.82) is 0 Å². The standard InChI is InChI=1S/C20H25N7O/c1-14-8-15(2)27(21-14)19-5-6-20(28)26(23-19)12-16-10-24(11-16)13-17-9-18-4-3-7-25(18)22-17/h5-6,8-9,16H,3-4,7,10-13H2,1-2H3. The van der Waals surface area contributed by atoms with E-state index in [4.69, 9.17) is 0 Å². The first kappa shape index (κ1) is 17.4. The van der Waals surface area contributed by atoms with Crippen LogP contribution in [-0.2, 0) is 26.1 Å². The summed E-state index contributed by atoms with van der Waals surface area (Å²) in [7, 11) is 0. The minimum atomic E-state index is -0.0609. The predicted molar refractivity (Wildman–Crippen MR) is 104 cm³/mol. The molecular weight excluding hydrogens is 354 g/mol. The maximum Gasteiger partial charge on any atom is 0.266 e. The van der Waals surface area contributed by atoms with Crippen molar-refractivity contribution in [3.63, 3.8) is 0 Å². The Hall–Kier alpha value is -2.74. The van der Waals surface area contributed by atoms with Gasteiger partial charge in [0, 0.05) is 49.6 Å². The lowest BCUT2D eigenvalue weighted by Gasteiger charge is -2.38. The maximum atomic E-state index is 12.3. The fraction of sp³-hybridized carbons (Fsp3) is 0.500. The van der Waals surface area contributed by atoms with Crippen LogP contribution in [0, 0.1) is 19.8 Å². The molecule has 0 atom stereocenters. The molecule has 3 aromatic rings. The van der Waals surface area contributed by atoms with E-state index in [0.29, 0.717) is 18.3 Å². The van der Waals surface area contributed by atoms with Gasteiger partial charge in [-0.15, -0.1) is 5.10 Å². The topological polar surface area (TPSA) is 73.8 Å². The summed E-state index contributed by atoms with van der Waals surface area (Å²) in [5, 5.41) is 13.7. The van der Waals surface area contributed by atoms with Gasteiger partial charge in [0.1, 0.15) is 0 Å². The average Bonchev–Trinajstić information content (AvgIpc) is 3.29. The van der Waals surface area contributed by atoms with E-state index in [-0.39, 0.29) is 5.56 Å². The Kier molecular flexibility index (Phi) is 4.16. The molecule has 3 aromatic heterocycles. The third-order valence-electron chi connectivity index (χ3n) is 5.65. The highest BCUT2D eigenvalue weighted by molar-refractivity contribution is 5.23. The van der Waals surface area contributed by atoms with Crippen LogP contribution < -0.4 is 5.56 Å². The molecule has 0 aliphatic carbocycles. The van der Waals surface area contributed by atoms with Gasteiger partial charge in [0.05, 0.1) is 17.9 Å². The highest BCUT2D eigenvalue weighted by Gasteiger charge is 2.28. The number of fused-ring (bicyclic) bond motifs is 1. The van der Waals surface area contributed by atoms with Crippen LogP contribution in [0.15, 0.2) is 29.1 Å². The van der Waals surface area contributed by atoms with Crippen molar-refractivity contribution in [1.82, 2.24) is 34.2 Å². The van der Waals surface area contributed by atoms with E-state index in [1.54, 1.807) is 21.5 Å². The summed E-state index contributed by atoms with van der Waals surface area (Å²) < 4.78 is 5.51. The number of aryl methyl sites for hydroxylation is 4. The lowest BCUT2D eigenvalue weighted by molar-refractivity contribution is 0.0751. The van der Waals surface area contributed by atoms with Crippen molar-refractivity contribution in [3.05, 3.63) is 57.4 Å². The molecule has 8 heteroatoms. The summed E-state index contributed by atoms with van der Waals surface area (Å²) in [5.41, 5.74) is 4.42. The molecule has 0 aromatic carbocycles. The molecule has 28 heavy (non-hydrogen) atoms. The van der Waals surface area contributed by atoms with Gasteiger partial charge in [-0.2, -0.15) is 10.2 Å². The first-order valence-corrected chi connectivity index (χ1v) is 9.95. The van der Waals surface area contributed by atoms with Gasteiger partial charge in [-0.1, -0.05) is 0 Å². The molecule has 146 valence electrons. The highest BCUT2D eigenvalue weighted by Crippen LogP contribution is 2.22. The van der Waals surface area contributed by atoms with Gasteiger partial charge < -0.3 is 0 Å². The first-order valence-electron chi connectivity index (χ1n) is 9.95. The number of hydrogen-bond acceptors (Lipinski definition) is 5. The molecule has 5 heterocycles. The summed E-state index contributed by atoms with van der Waals surface area (Å²) in [6.45, 7) is 8.48.